The number of hydrogen-bond donors (Lipinski definition) is 0. The van der Waals surface area contributed by atoms with Crippen LogP contribution in [0.25, 0.3) is 0 Å². The van der Waals surface area contributed by atoms with E-state index < -0.39 is 16.6 Å². The van der Waals surface area contributed by atoms with Crippen LogP contribution in [0.1, 0.15) is 152 Å². The number of carbonyl (C=O) groups is 2. The lowest BCUT2D eigenvalue weighted by atomic mass is 9.81. The van der Waals surface area contributed by atoms with Crippen molar-refractivity contribution in [1.29, 1.82) is 0 Å². The number of carbonyl (C=O) groups excluding carboxylic acids is 2. The lowest BCUT2D eigenvalue weighted by Gasteiger charge is -2.46. The molecule has 65 heavy (non-hydrogen) atoms. The van der Waals surface area contributed by atoms with Gasteiger partial charge in [0.2, 0.25) is 0 Å². The standard InChI is InChI=1S/C53H90O10Si2/c1-16-38(62-64(12,13)52(5,6)7)31-50-51(56-11)42-30-37(55)29-41-21-24-45-44(58-41)25-26-46(60-45)47(63-65(14,15)53(8,9)10)22-18-36(54)17-19-39-28-34(3)43(57-39)23-20-40-27-33(2)35(4)48(59-40)32-49(42)61-50/h18,22,33,38-51H,3-4,16-17,19-21,23-32H2,1-2,5-15H3/b22-18+/t33-,38?,39+,40+,41-,42+,43+,44-,45+,46-,47?,48-,49+,50-,51-/m1/s1. The lowest BCUT2D eigenvalue weighted by Crippen LogP contribution is -2.52. The minimum Gasteiger partial charge on any atom is -0.414 e. The van der Waals surface area contributed by atoms with Gasteiger partial charge in [0.05, 0.1) is 73.2 Å². The Hall–Kier alpha value is -1.33. The largest absolute Gasteiger partial charge is 0.414 e. The maximum atomic E-state index is 14.4. The van der Waals surface area contributed by atoms with Gasteiger partial charge in [0, 0.05) is 51.2 Å². The monoisotopic (exact) mass is 943 g/mol. The second-order valence-electron chi connectivity index (χ2n) is 23.9. The van der Waals surface area contributed by atoms with Crippen LogP contribution in [-0.4, -0.2) is 115 Å². The van der Waals surface area contributed by atoms with Crippen LogP contribution in [0.5, 0.6) is 0 Å². The second kappa shape index (κ2) is 21.8. The minimum atomic E-state index is -2.21. The molecule has 8 aliphatic rings. The average Bonchev–Trinajstić information content (AvgIpc) is 3.74. The van der Waals surface area contributed by atoms with Gasteiger partial charge < -0.3 is 37.3 Å². The number of ether oxygens (including phenoxy) is 6. The van der Waals surface area contributed by atoms with Crippen molar-refractivity contribution in [3.8, 4) is 0 Å². The van der Waals surface area contributed by atoms with Crippen LogP contribution in [-0.2, 0) is 46.9 Å². The Labute approximate surface area is 396 Å². The SMILES string of the molecule is C=C1C[C@@H]2CCC(=O)/C=C/C(O[Si](C)(C)C(C)(C)C)[C@H]3CC[C@H]4O[C@H](CC[C@@H]4O3)CC(=O)C[C@@H]3[C@@H](OC)[C@@H](CC(CC)O[Si](C)(C)C(C)(C)C)O[C@H]3C[C@H]3O[C@@H](CC[C@@H]1O2)C[C@@H](C)C3=C. The van der Waals surface area contributed by atoms with Crippen LogP contribution in [0.2, 0.25) is 36.3 Å². The van der Waals surface area contributed by atoms with E-state index in [0.717, 1.165) is 68.9 Å². The molecule has 0 amide bonds. The lowest BCUT2D eigenvalue weighted by molar-refractivity contribution is -0.200. The van der Waals surface area contributed by atoms with Crippen LogP contribution in [0.4, 0.5) is 0 Å². The molecule has 0 radical (unpaired) electrons. The number of allylic oxidation sites excluding steroid dienone is 1. The van der Waals surface area contributed by atoms with Gasteiger partial charge in [0.25, 0.3) is 0 Å². The molecule has 0 aromatic carbocycles. The van der Waals surface area contributed by atoms with Crippen molar-refractivity contribution in [2.24, 2.45) is 11.8 Å². The molecule has 0 aromatic rings. The van der Waals surface area contributed by atoms with E-state index in [1.807, 2.05) is 6.08 Å². The molecule has 0 aliphatic carbocycles. The summed E-state index contributed by atoms with van der Waals surface area (Å²) >= 11 is 0. The highest BCUT2D eigenvalue weighted by molar-refractivity contribution is 6.74. The predicted molar refractivity (Wildman–Crippen MR) is 263 cm³/mol. The van der Waals surface area contributed by atoms with Crippen molar-refractivity contribution in [2.75, 3.05) is 7.11 Å². The zero-order chi connectivity index (χ0) is 47.6. The zero-order valence-electron chi connectivity index (χ0n) is 42.9. The molecule has 0 saturated carbocycles. The summed E-state index contributed by atoms with van der Waals surface area (Å²) in [6.45, 7) is 36.2. The number of rotatable bonds is 8. The summed E-state index contributed by atoms with van der Waals surface area (Å²) in [5.74, 6) is 0.389. The van der Waals surface area contributed by atoms with Crippen molar-refractivity contribution >= 4 is 28.2 Å². The van der Waals surface area contributed by atoms with Crippen LogP contribution >= 0.6 is 0 Å². The molecular weight excluding hydrogens is 853 g/mol. The van der Waals surface area contributed by atoms with Crippen LogP contribution < -0.4 is 0 Å². The van der Waals surface area contributed by atoms with E-state index in [2.05, 4.69) is 94.7 Å². The molecule has 8 heterocycles. The highest BCUT2D eigenvalue weighted by atomic mass is 28.4. The van der Waals surface area contributed by atoms with E-state index >= 15 is 0 Å². The maximum absolute atomic E-state index is 14.4. The van der Waals surface area contributed by atoms with Gasteiger partial charge in [0.15, 0.2) is 22.4 Å². The molecular formula is C53H90O10Si2. The molecule has 12 heteroatoms. The smallest absolute Gasteiger partial charge is 0.193 e. The van der Waals surface area contributed by atoms with Gasteiger partial charge in [-0.2, -0.15) is 0 Å². The first-order valence-corrected chi connectivity index (χ1v) is 31.4. The summed E-state index contributed by atoms with van der Waals surface area (Å²) in [4.78, 5) is 27.8. The Morgan fingerprint density at radius 1 is 0.723 bits per heavy atom. The summed E-state index contributed by atoms with van der Waals surface area (Å²) < 4.78 is 54.6. The first-order chi connectivity index (χ1) is 30.4. The number of fused-ring (bicyclic) bond motifs is 2. The van der Waals surface area contributed by atoms with Crippen molar-refractivity contribution in [2.45, 2.75) is 267 Å². The molecule has 5 fully saturated rings. The molecule has 5 saturated heterocycles. The van der Waals surface area contributed by atoms with E-state index in [9.17, 15) is 9.59 Å². The Morgan fingerprint density at radius 2 is 1.35 bits per heavy atom. The van der Waals surface area contributed by atoms with E-state index in [0.29, 0.717) is 38.5 Å². The van der Waals surface area contributed by atoms with Gasteiger partial charge in [-0.25, -0.2) is 0 Å². The molecule has 8 rings (SSSR count). The molecule has 15 atom stereocenters. The van der Waals surface area contributed by atoms with Gasteiger partial charge in [-0.3, -0.25) is 9.59 Å². The number of methoxy groups -OCH3 is 1. The van der Waals surface area contributed by atoms with Crippen molar-refractivity contribution in [3.63, 3.8) is 0 Å². The third kappa shape index (κ3) is 13.3. The fourth-order valence-corrected chi connectivity index (χ4v) is 13.5. The third-order valence-electron chi connectivity index (χ3n) is 17.0. The third-order valence-corrected chi connectivity index (χ3v) is 26.0. The van der Waals surface area contributed by atoms with E-state index in [1.165, 1.54) is 0 Å². The molecule has 0 aromatic heterocycles. The predicted octanol–water partition coefficient (Wildman–Crippen LogP) is 11.6. The summed E-state index contributed by atoms with van der Waals surface area (Å²) in [6, 6.07) is 0. The van der Waals surface area contributed by atoms with Crippen LogP contribution in [0.15, 0.2) is 36.5 Å². The number of hydrogen-bond acceptors (Lipinski definition) is 10. The van der Waals surface area contributed by atoms with Gasteiger partial charge in [-0.15, -0.1) is 0 Å². The summed E-state index contributed by atoms with van der Waals surface area (Å²) in [6.07, 6.45) is 12.3. The van der Waals surface area contributed by atoms with E-state index in [1.54, 1.807) is 13.2 Å². The van der Waals surface area contributed by atoms with Gasteiger partial charge in [0.1, 0.15) is 5.78 Å². The quantitative estimate of drug-likeness (QED) is 0.172. The number of Topliss-reactive ketones (excluding diaryl/α,β-unsaturated/α-hetero) is 1. The molecule has 0 N–H and O–H groups in total. The molecule has 2 unspecified atom stereocenters. The Morgan fingerprint density at radius 3 is 2.03 bits per heavy atom. The van der Waals surface area contributed by atoms with Gasteiger partial charge >= 0.3 is 0 Å². The highest BCUT2D eigenvalue weighted by Gasteiger charge is 2.50. The normalized spacial score (nSPS) is 38.5. The van der Waals surface area contributed by atoms with Crippen LogP contribution in [0, 0.1) is 11.8 Å². The average molecular weight is 943 g/mol. The fourth-order valence-electron chi connectivity index (χ4n) is 10.8. The summed E-state index contributed by atoms with van der Waals surface area (Å²) in [7, 11) is -2.49. The van der Waals surface area contributed by atoms with Crippen molar-refractivity contribution < 1.29 is 46.9 Å². The van der Waals surface area contributed by atoms with Gasteiger partial charge in [-0.1, -0.05) is 74.6 Å². The topological polar surface area (TPSA) is 108 Å². The second-order valence-corrected chi connectivity index (χ2v) is 33.4. The summed E-state index contributed by atoms with van der Waals surface area (Å²) in [5.41, 5.74) is 2.19. The Kier molecular flexibility index (Phi) is 17.8. The molecule has 8 bridgehead atoms. The zero-order valence-corrected chi connectivity index (χ0v) is 44.9. The van der Waals surface area contributed by atoms with Crippen LogP contribution in [0.3, 0.4) is 0 Å². The minimum absolute atomic E-state index is 0.00507. The van der Waals surface area contributed by atoms with E-state index in [4.69, 9.17) is 37.3 Å². The summed E-state index contributed by atoms with van der Waals surface area (Å²) in [5, 5.41) is 0.0776. The molecule has 8 aliphatic heterocycles. The fraction of sp³-hybridized carbons (Fsp3) is 0.849. The molecule has 370 valence electrons. The van der Waals surface area contributed by atoms with Gasteiger partial charge in [-0.05, 0) is 124 Å². The molecule has 10 nitrogen and oxygen atoms in total. The Balaban J connectivity index is 1.24. The Bertz CT molecular complexity index is 1680. The highest BCUT2D eigenvalue weighted by Crippen LogP contribution is 2.45. The first kappa shape index (κ1) is 53.0. The van der Waals surface area contributed by atoms with Crippen molar-refractivity contribution in [3.05, 3.63) is 36.5 Å². The number of ketones is 2. The molecule has 0 spiro atoms. The maximum Gasteiger partial charge on any atom is 0.193 e. The van der Waals surface area contributed by atoms with Crippen molar-refractivity contribution in [1.82, 2.24) is 0 Å². The van der Waals surface area contributed by atoms with E-state index in [-0.39, 0.29) is 113 Å². The first-order valence-electron chi connectivity index (χ1n) is 25.6.